The highest BCUT2D eigenvalue weighted by Gasteiger charge is 2.35. The van der Waals surface area contributed by atoms with E-state index in [-0.39, 0.29) is 12.0 Å². The van der Waals surface area contributed by atoms with Crippen LogP contribution in [0.2, 0.25) is 0 Å². The molecule has 1 rings (SSSR count). The fourth-order valence-corrected chi connectivity index (χ4v) is 5.02. The molecule has 1 aliphatic heterocycles. The van der Waals surface area contributed by atoms with Gasteiger partial charge in [-0.15, -0.1) is 0 Å². The fourth-order valence-electron chi connectivity index (χ4n) is 1.68. The van der Waals surface area contributed by atoms with Gasteiger partial charge >= 0.3 is 0 Å². The van der Waals surface area contributed by atoms with Crippen molar-refractivity contribution in [3.05, 3.63) is 0 Å². The van der Waals surface area contributed by atoms with Crippen LogP contribution in [0.25, 0.3) is 0 Å². The van der Waals surface area contributed by atoms with Crippen LogP contribution in [0.5, 0.6) is 0 Å². The van der Waals surface area contributed by atoms with Gasteiger partial charge in [-0.2, -0.15) is 0 Å². The molecule has 0 radical (unpaired) electrons. The van der Waals surface area contributed by atoms with Crippen molar-refractivity contribution in [3.63, 3.8) is 0 Å². The smallest absolute Gasteiger partial charge is 0.0701 e. The van der Waals surface area contributed by atoms with Crippen LogP contribution in [0.3, 0.4) is 0 Å². The molecule has 0 aromatic heterocycles. The summed E-state index contributed by atoms with van der Waals surface area (Å²) in [5.74, 6) is 2.17. The average Bonchev–Trinajstić information content (AvgIpc) is 2.86. The number of hydrogen-bond donors (Lipinski definition) is 1. The predicted octanol–water partition coefficient (Wildman–Crippen LogP) is 1.06. The van der Waals surface area contributed by atoms with Gasteiger partial charge in [0.15, 0.2) is 0 Å². The van der Waals surface area contributed by atoms with E-state index in [1.165, 1.54) is 0 Å². The quantitative estimate of drug-likeness (QED) is 0.427. The molecule has 0 aliphatic carbocycles. The van der Waals surface area contributed by atoms with Crippen molar-refractivity contribution in [3.8, 4) is 0 Å². The number of hydrogen-bond acceptors (Lipinski definition) is 7. The van der Waals surface area contributed by atoms with Crippen molar-refractivity contribution < 1.29 is 24.1 Å². The molecule has 0 bridgehead atoms. The molecule has 0 amide bonds. The van der Waals surface area contributed by atoms with E-state index in [1.54, 1.807) is 7.11 Å². The van der Waals surface area contributed by atoms with Crippen molar-refractivity contribution in [1.29, 1.82) is 0 Å². The first-order valence-electron chi connectivity index (χ1n) is 6.40. The molecule has 0 atom stereocenters. The second-order valence-corrected chi connectivity index (χ2v) is 6.92. The Hall–Kier alpha value is 0.500. The molecular formula is C12H24O5S2. The fraction of sp³-hybridized carbons (Fsp3) is 1.00. The lowest BCUT2D eigenvalue weighted by atomic mass is 9.95. The minimum atomic E-state index is 0.0563. The molecule has 0 spiro atoms. The minimum absolute atomic E-state index is 0.0563. The molecule has 1 N–H and O–H groups in total. The first kappa shape index (κ1) is 17.6. The van der Waals surface area contributed by atoms with Crippen LogP contribution in [0.1, 0.15) is 0 Å². The summed E-state index contributed by atoms with van der Waals surface area (Å²) in [4.78, 5) is 0. The summed E-state index contributed by atoms with van der Waals surface area (Å²) in [6.45, 7) is 4.13. The average molecular weight is 312 g/mol. The van der Waals surface area contributed by atoms with Gasteiger partial charge in [0.1, 0.15) is 0 Å². The third-order valence-corrected chi connectivity index (χ3v) is 5.49. The van der Waals surface area contributed by atoms with Crippen LogP contribution in [0.15, 0.2) is 0 Å². The maximum Gasteiger partial charge on any atom is 0.0701 e. The minimum Gasteiger partial charge on any atom is -0.394 e. The normalized spacial score (nSPS) is 18.0. The highest BCUT2D eigenvalue weighted by molar-refractivity contribution is 8.77. The highest BCUT2D eigenvalue weighted by atomic mass is 33.1. The Balaban J connectivity index is 1.94. The molecule has 1 saturated heterocycles. The van der Waals surface area contributed by atoms with Crippen molar-refractivity contribution >= 4 is 21.6 Å². The zero-order chi connectivity index (χ0) is 13.8. The Labute approximate surface area is 123 Å². The third-order valence-electron chi connectivity index (χ3n) is 2.65. The van der Waals surface area contributed by atoms with Crippen LogP contribution in [-0.4, -0.2) is 76.6 Å². The second-order valence-electron chi connectivity index (χ2n) is 4.46. The zero-order valence-corrected chi connectivity index (χ0v) is 13.1. The molecule has 5 nitrogen and oxygen atoms in total. The first-order chi connectivity index (χ1) is 9.33. The summed E-state index contributed by atoms with van der Waals surface area (Å²) in [6.07, 6.45) is 0. The first-order valence-corrected chi connectivity index (χ1v) is 8.89. The highest BCUT2D eigenvalue weighted by Crippen LogP contribution is 2.43. The van der Waals surface area contributed by atoms with Gasteiger partial charge in [0, 0.05) is 24.0 Å². The molecule has 1 heterocycles. The van der Waals surface area contributed by atoms with Gasteiger partial charge in [-0.1, -0.05) is 21.6 Å². The number of aliphatic hydroxyl groups is 1. The van der Waals surface area contributed by atoms with Crippen molar-refractivity contribution in [2.75, 3.05) is 71.5 Å². The monoisotopic (exact) mass is 312 g/mol. The summed E-state index contributed by atoms with van der Waals surface area (Å²) >= 11 is 0. The van der Waals surface area contributed by atoms with Gasteiger partial charge in [0.2, 0.25) is 0 Å². The molecule has 19 heavy (non-hydrogen) atoms. The van der Waals surface area contributed by atoms with E-state index < -0.39 is 0 Å². The SMILES string of the molecule is COCC1(COCCOCCOCCO)CSSC1. The van der Waals surface area contributed by atoms with Gasteiger partial charge in [-0.25, -0.2) is 0 Å². The standard InChI is InChI=1S/C12H24O5S2/c1-14-8-12(10-18-19-11-12)9-17-7-6-16-5-4-15-3-2-13/h13H,2-11H2,1H3. The van der Waals surface area contributed by atoms with E-state index in [4.69, 9.17) is 24.1 Å². The van der Waals surface area contributed by atoms with E-state index >= 15 is 0 Å². The molecule has 0 saturated carbocycles. The van der Waals surface area contributed by atoms with E-state index in [2.05, 4.69) is 0 Å². The van der Waals surface area contributed by atoms with Crippen LogP contribution < -0.4 is 0 Å². The van der Waals surface area contributed by atoms with Crippen LogP contribution >= 0.6 is 21.6 Å². The van der Waals surface area contributed by atoms with Crippen LogP contribution in [0, 0.1) is 5.41 Å². The Morgan fingerprint density at radius 2 is 1.47 bits per heavy atom. The second kappa shape index (κ2) is 11.2. The van der Waals surface area contributed by atoms with Crippen molar-refractivity contribution in [2.24, 2.45) is 5.41 Å². The van der Waals surface area contributed by atoms with Gasteiger partial charge in [-0.05, 0) is 0 Å². The lowest BCUT2D eigenvalue weighted by Crippen LogP contribution is -2.34. The molecule has 1 fully saturated rings. The topological polar surface area (TPSA) is 57.2 Å². The van der Waals surface area contributed by atoms with Crippen LogP contribution in [0.4, 0.5) is 0 Å². The molecular weight excluding hydrogens is 288 g/mol. The van der Waals surface area contributed by atoms with Crippen molar-refractivity contribution in [1.82, 2.24) is 0 Å². The maximum absolute atomic E-state index is 8.51. The van der Waals surface area contributed by atoms with Gasteiger partial charge < -0.3 is 24.1 Å². The zero-order valence-electron chi connectivity index (χ0n) is 11.5. The van der Waals surface area contributed by atoms with Gasteiger partial charge in [0.05, 0.1) is 52.9 Å². The molecule has 0 aromatic carbocycles. The van der Waals surface area contributed by atoms with E-state index in [0.29, 0.717) is 33.0 Å². The molecule has 0 aromatic rings. The predicted molar refractivity (Wildman–Crippen MR) is 78.8 cm³/mol. The number of aliphatic hydroxyl groups excluding tert-OH is 1. The number of ether oxygens (including phenoxy) is 4. The molecule has 114 valence electrons. The molecule has 0 unspecified atom stereocenters. The van der Waals surface area contributed by atoms with Gasteiger partial charge in [-0.3, -0.25) is 0 Å². The number of rotatable bonds is 12. The van der Waals surface area contributed by atoms with Crippen molar-refractivity contribution in [2.45, 2.75) is 0 Å². The molecule has 7 heteroatoms. The largest absolute Gasteiger partial charge is 0.394 e. The maximum atomic E-state index is 8.51. The lowest BCUT2D eigenvalue weighted by molar-refractivity contribution is -0.0192. The summed E-state index contributed by atoms with van der Waals surface area (Å²) in [5, 5.41) is 8.51. The Bertz CT molecular complexity index is 212. The lowest BCUT2D eigenvalue weighted by Gasteiger charge is -2.26. The number of methoxy groups -OCH3 is 1. The van der Waals surface area contributed by atoms with E-state index in [1.807, 2.05) is 21.6 Å². The Morgan fingerprint density at radius 1 is 0.895 bits per heavy atom. The third kappa shape index (κ3) is 7.75. The summed E-state index contributed by atoms with van der Waals surface area (Å²) in [6, 6.07) is 0. The Morgan fingerprint density at radius 3 is 2.05 bits per heavy atom. The van der Waals surface area contributed by atoms with E-state index in [0.717, 1.165) is 24.7 Å². The van der Waals surface area contributed by atoms with E-state index in [9.17, 15) is 0 Å². The van der Waals surface area contributed by atoms with Crippen LogP contribution in [-0.2, 0) is 18.9 Å². The summed E-state index contributed by atoms with van der Waals surface area (Å²) < 4.78 is 21.4. The summed E-state index contributed by atoms with van der Waals surface area (Å²) in [7, 11) is 5.52. The Kier molecular flexibility index (Phi) is 10.3. The summed E-state index contributed by atoms with van der Waals surface area (Å²) in [5.41, 5.74) is 0.161. The van der Waals surface area contributed by atoms with Gasteiger partial charge in [0.25, 0.3) is 0 Å². The molecule has 1 aliphatic rings.